The highest BCUT2D eigenvalue weighted by molar-refractivity contribution is 5.21. The molecule has 0 atom stereocenters. The number of hydrogen-bond acceptors (Lipinski definition) is 3. The van der Waals surface area contributed by atoms with Crippen molar-refractivity contribution in [2.75, 3.05) is 0 Å². The first kappa shape index (κ1) is 7.67. The molecular weight excluding hydrogens is 138 g/mol. The lowest BCUT2D eigenvalue weighted by molar-refractivity contribution is 0.772. The van der Waals surface area contributed by atoms with Gasteiger partial charge in [0.15, 0.2) is 0 Å². The fraction of sp³-hybridized carbons (Fsp3) is 0.375. The van der Waals surface area contributed by atoms with Crippen molar-refractivity contribution in [2.24, 2.45) is 0 Å². The molecule has 0 aliphatic rings. The molecule has 3 nitrogen and oxygen atoms in total. The van der Waals surface area contributed by atoms with Crippen molar-refractivity contribution in [1.82, 2.24) is 9.97 Å². The number of aromatic nitrogens is 2. The summed E-state index contributed by atoms with van der Waals surface area (Å²) >= 11 is 0. The number of nitrogens with zero attached hydrogens (tertiary/aromatic N) is 3. The predicted octanol–water partition coefficient (Wildman–Crippen LogP) is 1.47. The monoisotopic (exact) mass is 147 g/mol. The second kappa shape index (κ2) is 3.11. The van der Waals surface area contributed by atoms with E-state index in [-0.39, 0.29) is 0 Å². The minimum atomic E-state index is 0.322. The van der Waals surface area contributed by atoms with E-state index < -0.39 is 0 Å². The van der Waals surface area contributed by atoms with Crippen LogP contribution in [0.3, 0.4) is 0 Å². The Morgan fingerprint density at radius 3 is 2.27 bits per heavy atom. The topological polar surface area (TPSA) is 49.6 Å². The SMILES string of the molecule is CC(C)c1ncc(C#N)cn1. The normalized spacial score (nSPS) is 9.64. The van der Waals surface area contributed by atoms with Crippen molar-refractivity contribution in [1.29, 1.82) is 5.26 Å². The Labute approximate surface area is 65.7 Å². The smallest absolute Gasteiger partial charge is 0.130 e. The number of nitriles is 1. The molecular formula is C8H9N3. The Bertz CT molecular complexity index is 268. The molecule has 0 N–H and O–H groups in total. The van der Waals surface area contributed by atoms with E-state index in [2.05, 4.69) is 9.97 Å². The lowest BCUT2D eigenvalue weighted by atomic mass is 10.2. The zero-order valence-corrected chi connectivity index (χ0v) is 6.57. The Kier molecular flexibility index (Phi) is 2.17. The maximum absolute atomic E-state index is 8.44. The molecule has 0 aliphatic heterocycles. The summed E-state index contributed by atoms with van der Waals surface area (Å²) in [4.78, 5) is 8.03. The van der Waals surface area contributed by atoms with Crippen LogP contribution >= 0.6 is 0 Å². The molecule has 0 saturated heterocycles. The minimum absolute atomic E-state index is 0.322. The lowest BCUT2D eigenvalue weighted by Gasteiger charge is -2.00. The van der Waals surface area contributed by atoms with Crippen LogP contribution < -0.4 is 0 Å². The zero-order valence-electron chi connectivity index (χ0n) is 6.57. The van der Waals surface area contributed by atoms with Gasteiger partial charge in [-0.15, -0.1) is 0 Å². The molecule has 11 heavy (non-hydrogen) atoms. The van der Waals surface area contributed by atoms with E-state index in [0.29, 0.717) is 11.5 Å². The van der Waals surface area contributed by atoms with E-state index in [1.165, 1.54) is 0 Å². The third-order valence-corrected chi connectivity index (χ3v) is 1.32. The summed E-state index contributed by atoms with van der Waals surface area (Å²) in [6.07, 6.45) is 3.09. The molecule has 0 saturated carbocycles. The highest BCUT2D eigenvalue weighted by atomic mass is 14.9. The van der Waals surface area contributed by atoms with E-state index in [1.807, 2.05) is 19.9 Å². The van der Waals surface area contributed by atoms with E-state index in [0.717, 1.165) is 5.82 Å². The van der Waals surface area contributed by atoms with Crippen LogP contribution in [0, 0.1) is 11.3 Å². The summed E-state index contributed by atoms with van der Waals surface area (Å²) in [5.41, 5.74) is 0.509. The number of rotatable bonds is 1. The molecule has 0 unspecified atom stereocenters. The van der Waals surface area contributed by atoms with Crippen LogP contribution in [0.1, 0.15) is 31.2 Å². The van der Waals surface area contributed by atoms with Crippen LogP contribution in [0.5, 0.6) is 0 Å². The van der Waals surface area contributed by atoms with Crippen molar-refractivity contribution < 1.29 is 0 Å². The number of hydrogen-bond donors (Lipinski definition) is 0. The lowest BCUT2D eigenvalue weighted by Crippen LogP contribution is -1.96. The third kappa shape index (κ3) is 1.74. The second-order valence-electron chi connectivity index (χ2n) is 2.60. The fourth-order valence-corrected chi connectivity index (χ4v) is 0.694. The Balaban J connectivity index is 2.94. The molecule has 56 valence electrons. The standard InChI is InChI=1S/C8H9N3/c1-6(2)8-10-4-7(3-9)5-11-8/h4-6H,1-2H3. The van der Waals surface area contributed by atoms with Gasteiger partial charge in [-0.25, -0.2) is 9.97 Å². The van der Waals surface area contributed by atoms with Crippen molar-refractivity contribution in [2.45, 2.75) is 19.8 Å². The molecule has 0 radical (unpaired) electrons. The molecule has 0 aromatic carbocycles. The molecule has 1 aromatic rings. The first-order chi connectivity index (χ1) is 5.24. The minimum Gasteiger partial charge on any atom is -0.240 e. The van der Waals surface area contributed by atoms with Gasteiger partial charge in [-0.3, -0.25) is 0 Å². The van der Waals surface area contributed by atoms with Crippen LogP contribution in [0.15, 0.2) is 12.4 Å². The van der Waals surface area contributed by atoms with Gasteiger partial charge in [0, 0.05) is 18.3 Å². The Hall–Kier alpha value is -1.43. The summed E-state index contributed by atoms with van der Waals surface area (Å²) in [7, 11) is 0. The molecule has 3 heteroatoms. The van der Waals surface area contributed by atoms with Crippen LogP contribution in [0.25, 0.3) is 0 Å². The van der Waals surface area contributed by atoms with Gasteiger partial charge in [0.1, 0.15) is 11.9 Å². The largest absolute Gasteiger partial charge is 0.240 e. The molecule has 0 fully saturated rings. The first-order valence-electron chi connectivity index (χ1n) is 3.46. The van der Waals surface area contributed by atoms with Gasteiger partial charge < -0.3 is 0 Å². The van der Waals surface area contributed by atoms with Crippen LogP contribution in [0.2, 0.25) is 0 Å². The van der Waals surface area contributed by atoms with Crippen molar-refractivity contribution >= 4 is 0 Å². The van der Waals surface area contributed by atoms with Gasteiger partial charge >= 0.3 is 0 Å². The van der Waals surface area contributed by atoms with Gasteiger partial charge in [-0.1, -0.05) is 13.8 Å². The summed E-state index contributed by atoms with van der Waals surface area (Å²) in [6, 6.07) is 1.97. The highest BCUT2D eigenvalue weighted by Crippen LogP contribution is 2.06. The first-order valence-corrected chi connectivity index (χ1v) is 3.46. The van der Waals surface area contributed by atoms with E-state index in [1.54, 1.807) is 12.4 Å². The van der Waals surface area contributed by atoms with Gasteiger partial charge in [0.25, 0.3) is 0 Å². The molecule has 1 rings (SSSR count). The average Bonchev–Trinajstić information content (AvgIpc) is 2.05. The highest BCUT2D eigenvalue weighted by Gasteiger charge is 2.00. The summed E-state index contributed by atoms with van der Waals surface area (Å²) in [5.74, 6) is 1.10. The summed E-state index contributed by atoms with van der Waals surface area (Å²) < 4.78 is 0. The van der Waals surface area contributed by atoms with Crippen molar-refractivity contribution in [3.05, 3.63) is 23.8 Å². The van der Waals surface area contributed by atoms with Gasteiger partial charge in [0.2, 0.25) is 0 Å². The van der Waals surface area contributed by atoms with Crippen LogP contribution in [0.4, 0.5) is 0 Å². The van der Waals surface area contributed by atoms with Gasteiger partial charge in [-0.05, 0) is 0 Å². The summed E-state index contributed by atoms with van der Waals surface area (Å²) in [6.45, 7) is 4.03. The fourth-order valence-electron chi connectivity index (χ4n) is 0.694. The van der Waals surface area contributed by atoms with Crippen LogP contribution in [-0.2, 0) is 0 Å². The summed E-state index contributed by atoms with van der Waals surface area (Å²) in [5, 5.41) is 8.44. The van der Waals surface area contributed by atoms with Crippen molar-refractivity contribution in [3.8, 4) is 6.07 Å². The van der Waals surface area contributed by atoms with Crippen LogP contribution in [-0.4, -0.2) is 9.97 Å². The van der Waals surface area contributed by atoms with E-state index in [4.69, 9.17) is 5.26 Å². The molecule has 1 aromatic heterocycles. The quantitative estimate of drug-likeness (QED) is 0.604. The predicted molar refractivity (Wildman–Crippen MR) is 40.8 cm³/mol. The zero-order chi connectivity index (χ0) is 8.27. The molecule has 0 amide bonds. The average molecular weight is 147 g/mol. The van der Waals surface area contributed by atoms with E-state index in [9.17, 15) is 0 Å². The molecule has 1 heterocycles. The second-order valence-corrected chi connectivity index (χ2v) is 2.60. The van der Waals surface area contributed by atoms with Gasteiger partial charge in [-0.2, -0.15) is 5.26 Å². The third-order valence-electron chi connectivity index (χ3n) is 1.32. The molecule has 0 spiro atoms. The van der Waals surface area contributed by atoms with E-state index >= 15 is 0 Å². The Morgan fingerprint density at radius 2 is 1.91 bits per heavy atom. The molecule has 0 aliphatic carbocycles. The Morgan fingerprint density at radius 1 is 1.36 bits per heavy atom. The van der Waals surface area contributed by atoms with Gasteiger partial charge in [0.05, 0.1) is 5.56 Å². The van der Waals surface area contributed by atoms with Crippen molar-refractivity contribution in [3.63, 3.8) is 0 Å². The molecule has 0 bridgehead atoms. The maximum atomic E-state index is 8.44. The maximum Gasteiger partial charge on any atom is 0.130 e.